The fourth-order valence-corrected chi connectivity index (χ4v) is 1.53. The Morgan fingerprint density at radius 3 is 2.41 bits per heavy atom. The van der Waals surface area contributed by atoms with E-state index in [4.69, 9.17) is 0 Å². The van der Waals surface area contributed by atoms with Crippen molar-refractivity contribution in [3.63, 3.8) is 0 Å². The van der Waals surface area contributed by atoms with E-state index >= 15 is 0 Å². The molecule has 0 saturated carbocycles. The topological polar surface area (TPSA) is 36.4 Å². The molecule has 0 radical (unpaired) electrons. The van der Waals surface area contributed by atoms with Crippen molar-refractivity contribution >= 4 is 5.96 Å². The molecule has 0 spiro atoms. The Labute approximate surface area is 99.9 Å². The quantitative estimate of drug-likeness (QED) is 0.478. The Kier molecular flexibility index (Phi) is 5.39. The number of halogens is 2. The van der Waals surface area contributed by atoms with Gasteiger partial charge in [-0.15, -0.1) is 0 Å². The summed E-state index contributed by atoms with van der Waals surface area (Å²) < 4.78 is 25.8. The summed E-state index contributed by atoms with van der Waals surface area (Å²) >= 11 is 0. The molecule has 0 heterocycles. The number of hydrogen-bond donors (Lipinski definition) is 2. The number of hydrogen-bond acceptors (Lipinski definition) is 1. The Bertz CT molecular complexity index is 371. The number of rotatable bonds is 4. The van der Waals surface area contributed by atoms with Gasteiger partial charge in [0, 0.05) is 26.7 Å². The van der Waals surface area contributed by atoms with Gasteiger partial charge >= 0.3 is 0 Å². The van der Waals surface area contributed by atoms with Crippen LogP contribution in [0.15, 0.2) is 23.2 Å². The van der Waals surface area contributed by atoms with Crippen LogP contribution >= 0.6 is 0 Å². The molecule has 3 nitrogen and oxygen atoms in total. The fourth-order valence-electron chi connectivity index (χ4n) is 1.53. The molecule has 0 amide bonds. The van der Waals surface area contributed by atoms with Crippen LogP contribution in [0.5, 0.6) is 0 Å². The first-order valence-corrected chi connectivity index (χ1v) is 5.49. The van der Waals surface area contributed by atoms with Crippen LogP contribution in [0.1, 0.15) is 12.0 Å². The molecule has 17 heavy (non-hydrogen) atoms. The summed E-state index contributed by atoms with van der Waals surface area (Å²) in [6, 6.07) is 3.59. The summed E-state index contributed by atoms with van der Waals surface area (Å²) in [4.78, 5) is 3.95. The number of nitrogens with zero attached hydrogens (tertiary/aromatic N) is 1. The zero-order chi connectivity index (χ0) is 12.7. The van der Waals surface area contributed by atoms with Gasteiger partial charge < -0.3 is 10.6 Å². The minimum Gasteiger partial charge on any atom is -0.359 e. The zero-order valence-electron chi connectivity index (χ0n) is 10.1. The predicted octanol–water partition coefficient (Wildman–Crippen LogP) is 1.69. The Hall–Kier alpha value is -1.65. The van der Waals surface area contributed by atoms with E-state index in [1.165, 1.54) is 12.1 Å². The largest absolute Gasteiger partial charge is 0.359 e. The summed E-state index contributed by atoms with van der Waals surface area (Å²) in [5.74, 6) is -0.353. The van der Waals surface area contributed by atoms with Gasteiger partial charge in [0.05, 0.1) is 0 Å². The van der Waals surface area contributed by atoms with Crippen LogP contribution in [0.25, 0.3) is 0 Å². The molecule has 0 aliphatic rings. The molecule has 0 fully saturated rings. The van der Waals surface area contributed by atoms with E-state index < -0.39 is 11.6 Å². The van der Waals surface area contributed by atoms with Gasteiger partial charge in [-0.25, -0.2) is 8.78 Å². The molecule has 2 N–H and O–H groups in total. The molecule has 1 aromatic carbocycles. The third-order valence-corrected chi connectivity index (χ3v) is 2.32. The van der Waals surface area contributed by atoms with Crippen LogP contribution in [0.3, 0.4) is 0 Å². The van der Waals surface area contributed by atoms with Crippen molar-refractivity contribution in [2.45, 2.75) is 12.8 Å². The molecule has 0 aliphatic carbocycles. The number of aliphatic imine (C=N–C) groups is 1. The lowest BCUT2D eigenvalue weighted by Crippen LogP contribution is -2.35. The van der Waals surface area contributed by atoms with Crippen molar-refractivity contribution in [3.05, 3.63) is 35.4 Å². The first-order valence-electron chi connectivity index (χ1n) is 5.49. The minimum atomic E-state index is -0.529. The van der Waals surface area contributed by atoms with Gasteiger partial charge in [-0.1, -0.05) is 0 Å². The second-order valence-corrected chi connectivity index (χ2v) is 3.63. The van der Waals surface area contributed by atoms with Crippen LogP contribution in [0.4, 0.5) is 8.78 Å². The Morgan fingerprint density at radius 1 is 1.24 bits per heavy atom. The van der Waals surface area contributed by atoms with Crippen molar-refractivity contribution < 1.29 is 8.78 Å². The van der Waals surface area contributed by atoms with Crippen molar-refractivity contribution in [1.29, 1.82) is 0 Å². The normalized spacial score (nSPS) is 11.4. The van der Waals surface area contributed by atoms with Crippen LogP contribution in [0, 0.1) is 11.6 Å². The summed E-state index contributed by atoms with van der Waals surface area (Å²) in [7, 11) is 3.46. The number of aryl methyl sites for hydroxylation is 1. The number of guanidine groups is 1. The number of benzene rings is 1. The smallest absolute Gasteiger partial charge is 0.190 e. The fraction of sp³-hybridized carbons (Fsp3) is 0.417. The summed E-state index contributed by atoms with van der Waals surface area (Å²) in [5.41, 5.74) is 0.670. The molecule has 0 aromatic heterocycles. The maximum atomic E-state index is 12.9. The molecule has 0 aliphatic heterocycles. The zero-order valence-corrected chi connectivity index (χ0v) is 10.1. The van der Waals surface area contributed by atoms with Gasteiger partial charge in [0.2, 0.25) is 0 Å². The van der Waals surface area contributed by atoms with Gasteiger partial charge in [-0.05, 0) is 30.5 Å². The Morgan fingerprint density at radius 2 is 1.88 bits per heavy atom. The molecule has 1 rings (SSSR count). The molecule has 5 heteroatoms. The highest BCUT2D eigenvalue weighted by Gasteiger charge is 2.00. The molecule has 0 atom stereocenters. The second-order valence-electron chi connectivity index (χ2n) is 3.63. The van der Waals surface area contributed by atoms with Crippen LogP contribution in [-0.2, 0) is 6.42 Å². The van der Waals surface area contributed by atoms with E-state index in [9.17, 15) is 8.78 Å². The van der Waals surface area contributed by atoms with E-state index in [0.717, 1.165) is 12.5 Å². The highest BCUT2D eigenvalue weighted by molar-refractivity contribution is 5.79. The highest BCUT2D eigenvalue weighted by atomic mass is 19.1. The molecule has 1 aromatic rings. The van der Waals surface area contributed by atoms with Crippen LogP contribution in [0.2, 0.25) is 0 Å². The summed E-state index contributed by atoms with van der Waals surface area (Å²) in [6.45, 7) is 0.700. The molecule has 0 bridgehead atoms. The summed E-state index contributed by atoms with van der Waals surface area (Å²) in [5, 5.41) is 5.96. The van der Waals surface area contributed by atoms with Crippen molar-refractivity contribution in [1.82, 2.24) is 10.6 Å². The van der Waals surface area contributed by atoms with Gasteiger partial charge in [0.25, 0.3) is 0 Å². The van der Waals surface area contributed by atoms with E-state index in [-0.39, 0.29) is 0 Å². The Balaban J connectivity index is 2.36. The third-order valence-electron chi connectivity index (χ3n) is 2.32. The average molecular weight is 241 g/mol. The lowest BCUT2D eigenvalue weighted by molar-refractivity contribution is 0.578. The van der Waals surface area contributed by atoms with E-state index in [1.54, 1.807) is 14.1 Å². The van der Waals surface area contributed by atoms with Crippen molar-refractivity contribution in [2.75, 3.05) is 20.6 Å². The van der Waals surface area contributed by atoms with E-state index in [1.807, 2.05) is 0 Å². The van der Waals surface area contributed by atoms with Crippen LogP contribution < -0.4 is 10.6 Å². The van der Waals surface area contributed by atoms with Gasteiger partial charge in [-0.2, -0.15) is 0 Å². The van der Waals surface area contributed by atoms with Gasteiger partial charge in [-0.3, -0.25) is 4.99 Å². The summed E-state index contributed by atoms with van der Waals surface area (Å²) in [6.07, 6.45) is 1.41. The molecule has 0 unspecified atom stereocenters. The second kappa shape index (κ2) is 6.83. The monoisotopic (exact) mass is 241 g/mol. The molecular weight excluding hydrogens is 224 g/mol. The minimum absolute atomic E-state index is 0.529. The lowest BCUT2D eigenvalue weighted by atomic mass is 10.1. The maximum Gasteiger partial charge on any atom is 0.190 e. The number of nitrogens with one attached hydrogen (secondary N) is 2. The highest BCUT2D eigenvalue weighted by Crippen LogP contribution is 2.09. The first-order chi connectivity index (χ1) is 8.15. The average Bonchev–Trinajstić information content (AvgIpc) is 2.28. The third kappa shape index (κ3) is 4.80. The maximum absolute atomic E-state index is 12.9. The van der Waals surface area contributed by atoms with Gasteiger partial charge in [0.1, 0.15) is 11.6 Å². The first kappa shape index (κ1) is 13.4. The lowest BCUT2D eigenvalue weighted by Gasteiger charge is -2.08. The van der Waals surface area contributed by atoms with Gasteiger partial charge in [0.15, 0.2) is 5.96 Å². The van der Waals surface area contributed by atoms with Crippen LogP contribution in [-0.4, -0.2) is 26.6 Å². The van der Waals surface area contributed by atoms with Crippen molar-refractivity contribution in [3.8, 4) is 0 Å². The van der Waals surface area contributed by atoms with E-state index in [2.05, 4.69) is 15.6 Å². The standard InChI is InChI=1S/C12H17F2N3/c1-15-12(16-2)17-5-3-4-9-6-10(13)8-11(14)7-9/h6-8H,3-5H2,1-2H3,(H2,15,16,17). The SMILES string of the molecule is CN=C(NC)NCCCc1cc(F)cc(F)c1. The molecule has 0 saturated heterocycles. The van der Waals surface area contributed by atoms with Crippen molar-refractivity contribution in [2.24, 2.45) is 4.99 Å². The van der Waals surface area contributed by atoms with E-state index in [0.29, 0.717) is 24.5 Å². The predicted molar refractivity (Wildman–Crippen MR) is 65.1 cm³/mol. The molecular formula is C12H17F2N3. The molecule has 94 valence electrons.